The Hall–Kier alpha value is -6.62. The van der Waals surface area contributed by atoms with Crippen molar-refractivity contribution in [2.24, 2.45) is 17.8 Å². The second-order valence-corrected chi connectivity index (χ2v) is 20.4. The molecule has 0 amide bonds. The van der Waals surface area contributed by atoms with Gasteiger partial charge in [0, 0.05) is 49.0 Å². The summed E-state index contributed by atoms with van der Waals surface area (Å²) in [5.74, 6) is -1.17. The van der Waals surface area contributed by atoms with Gasteiger partial charge >= 0.3 is 0 Å². The minimum atomic E-state index is -1.05. The highest BCUT2D eigenvalue weighted by Crippen LogP contribution is 2.47. The van der Waals surface area contributed by atoms with Crippen LogP contribution in [0, 0.1) is 17.8 Å². The van der Waals surface area contributed by atoms with Gasteiger partial charge in [0.25, 0.3) is 0 Å². The molecule has 6 aromatic rings. The predicted octanol–water partition coefficient (Wildman–Crippen LogP) is 11.1. The van der Waals surface area contributed by atoms with Crippen LogP contribution in [0.15, 0.2) is 115 Å². The molecule has 3 heterocycles. The molecular weight excluding hydrogens is 887 g/mol. The molecule has 71 heavy (non-hydrogen) atoms. The molecule has 2 aromatic heterocycles. The molecule has 4 bridgehead atoms. The molecule has 5 N–H and O–H groups in total. The van der Waals surface area contributed by atoms with Crippen LogP contribution in [0.3, 0.4) is 0 Å². The Morgan fingerprint density at radius 2 is 1.65 bits per heavy atom. The summed E-state index contributed by atoms with van der Waals surface area (Å²) in [5, 5.41) is 49.5. The lowest BCUT2D eigenvalue weighted by Crippen LogP contribution is -2.37. The predicted molar refractivity (Wildman–Crippen MR) is 277 cm³/mol. The smallest absolute Gasteiger partial charge is 0.161 e. The number of rotatable bonds is 11. The summed E-state index contributed by atoms with van der Waals surface area (Å²) in [6, 6.07) is 30.3. The number of aromatic nitrogens is 2. The van der Waals surface area contributed by atoms with E-state index in [-0.39, 0.29) is 79.5 Å². The normalized spacial score (nSPS) is 21.0. The number of nitrogens with one attached hydrogen (secondary N) is 1. The Morgan fingerprint density at radius 3 is 2.48 bits per heavy atom. The summed E-state index contributed by atoms with van der Waals surface area (Å²) < 4.78 is 6.53. The van der Waals surface area contributed by atoms with E-state index in [4.69, 9.17) is 15.0 Å². The number of ether oxygens (including phenoxy) is 1. The zero-order valence-electron chi connectivity index (χ0n) is 40.4. The standard InChI is InChI=1S/C61H65N3O7/c65-28-25-52-56(68)22-17-41-31-46(59(69)57(33-41)71-48-10-4-5-11-48)30-40-16-20-49(44(37-66)19-13-38-7-2-1-3-8-38)45(29-40)34-43-23-26-63-61(43)64-36-47-35-54-51(24-27-62-54)53(58(47)60(52)70)32-39-14-18-42-9-6-12-55(67)50(42)21-15-39/h1-3,6-9,12,15-16,20-21,23-24,26-27,29,31,33,35,39,44,48,52-53,58,63,65-67,69H,4-5,10-11,13-14,17-19,22,25,28,30,32,34,36-37H2/q-2. The fraction of sp³-hybridized carbons (Fsp3) is 0.377. The molecule has 10 nitrogen and oxygen atoms in total. The van der Waals surface area contributed by atoms with Crippen LogP contribution >= 0.6 is 0 Å². The molecule has 0 radical (unpaired) electrons. The fourth-order valence-electron chi connectivity index (χ4n) is 11.9. The van der Waals surface area contributed by atoms with E-state index in [0.29, 0.717) is 42.8 Å². The van der Waals surface area contributed by atoms with E-state index in [2.05, 4.69) is 47.5 Å². The summed E-state index contributed by atoms with van der Waals surface area (Å²) in [4.78, 5) is 38.5. The lowest BCUT2D eigenvalue weighted by Gasteiger charge is -2.38. The van der Waals surface area contributed by atoms with Crippen molar-refractivity contribution in [3.63, 3.8) is 0 Å². The van der Waals surface area contributed by atoms with Crippen molar-refractivity contribution in [1.29, 1.82) is 0 Å². The van der Waals surface area contributed by atoms with Crippen LogP contribution in [0.1, 0.15) is 131 Å². The molecule has 4 aromatic carbocycles. The van der Waals surface area contributed by atoms with Crippen LogP contribution < -0.4 is 9.72 Å². The number of ketones is 2. The molecular formula is C61H65N3O7-2. The summed E-state index contributed by atoms with van der Waals surface area (Å²) in [7, 11) is 0. The minimum Gasteiger partial charge on any atom is -0.664 e. The Morgan fingerprint density at radius 1 is 0.803 bits per heavy atom. The Kier molecular flexibility index (Phi) is 14.7. The highest BCUT2D eigenvalue weighted by Gasteiger charge is 2.41. The average Bonchev–Trinajstić information content (AvgIpc) is 4.16. The first-order chi connectivity index (χ1) is 34.7. The van der Waals surface area contributed by atoms with Crippen LogP contribution in [-0.4, -0.2) is 62.8 Å². The number of hydrogen-bond donors (Lipinski definition) is 5. The summed E-state index contributed by atoms with van der Waals surface area (Å²) in [6.45, 7) is -0.152. The van der Waals surface area contributed by atoms with Crippen molar-refractivity contribution in [2.45, 2.75) is 108 Å². The molecule has 1 saturated carbocycles. The number of phenols is 2. The van der Waals surface area contributed by atoms with Gasteiger partial charge in [0.15, 0.2) is 17.3 Å². The van der Waals surface area contributed by atoms with Crippen molar-refractivity contribution >= 4 is 29.5 Å². The first kappa shape index (κ1) is 48.0. The molecule has 3 aliphatic carbocycles. The van der Waals surface area contributed by atoms with Gasteiger partial charge in [-0.15, -0.1) is 5.69 Å². The summed E-state index contributed by atoms with van der Waals surface area (Å²) in [6.07, 6.45) is 18.9. The molecule has 10 rings (SSSR count). The molecule has 0 saturated heterocycles. The number of fused-ring (bicyclic) bond motifs is 8. The number of phenolic OH excluding ortho intramolecular Hbond substituents is 2. The van der Waals surface area contributed by atoms with Gasteiger partial charge < -0.3 is 40.4 Å². The van der Waals surface area contributed by atoms with Crippen molar-refractivity contribution in [1.82, 2.24) is 9.97 Å². The molecule has 1 fully saturated rings. The van der Waals surface area contributed by atoms with E-state index in [1.165, 1.54) is 5.56 Å². The third kappa shape index (κ3) is 10.7. The fourth-order valence-corrected chi connectivity index (χ4v) is 11.9. The molecule has 4 aliphatic rings. The maximum atomic E-state index is 15.6. The molecule has 10 heteroatoms. The highest BCUT2D eigenvalue weighted by atomic mass is 16.5. The number of aryl methyl sites for hydroxylation is 3. The zero-order chi connectivity index (χ0) is 48.8. The number of aliphatic hydroxyl groups is 2. The first-order valence-corrected chi connectivity index (χ1v) is 25.8. The number of benzene rings is 4. The number of H-pyrrole nitrogens is 1. The van der Waals surface area contributed by atoms with Gasteiger partial charge in [-0.3, -0.25) is 9.59 Å². The SMILES string of the molecule is O=C1CCc2cc(c(O)c(OC3CCCC3)c2)Cc2ccc(C(CO)CCc3ccccc3)c(c2)Cc2cc[nH]c2[N-]CC2=Cc3[n-]ccc3C(CC3C=Cc4c(O)cccc4CC3)C2C(=O)C1CCO. The largest absolute Gasteiger partial charge is 0.664 e. The van der Waals surface area contributed by atoms with Crippen molar-refractivity contribution in [2.75, 3.05) is 19.8 Å². The number of aromatic amines is 1. The van der Waals surface area contributed by atoms with Gasteiger partial charge in [-0.25, -0.2) is 0 Å². The molecule has 5 unspecified atom stereocenters. The average molecular weight is 952 g/mol. The van der Waals surface area contributed by atoms with E-state index in [1.807, 2.05) is 66.9 Å². The van der Waals surface area contributed by atoms with Crippen LogP contribution in [0.4, 0.5) is 5.82 Å². The molecule has 368 valence electrons. The zero-order valence-corrected chi connectivity index (χ0v) is 40.4. The van der Waals surface area contributed by atoms with Crippen LogP contribution in [0.25, 0.3) is 17.5 Å². The quantitative estimate of drug-likeness (QED) is 0.0800. The monoisotopic (exact) mass is 951 g/mol. The van der Waals surface area contributed by atoms with E-state index < -0.39 is 11.8 Å². The maximum Gasteiger partial charge on any atom is 0.161 e. The maximum absolute atomic E-state index is 15.6. The highest BCUT2D eigenvalue weighted by molar-refractivity contribution is 6.05. The minimum absolute atomic E-state index is 0.00507. The Bertz CT molecular complexity index is 2900. The van der Waals surface area contributed by atoms with Gasteiger partial charge in [0.2, 0.25) is 0 Å². The number of carbonyl (C=O) groups excluding carboxylic acids is 2. The van der Waals surface area contributed by atoms with Gasteiger partial charge in [0.1, 0.15) is 11.5 Å². The van der Waals surface area contributed by atoms with Crippen LogP contribution in [0.5, 0.6) is 17.2 Å². The number of aromatic hydroxyl groups is 2. The Labute approximate surface area is 416 Å². The third-order valence-electron chi connectivity index (χ3n) is 15.8. The second kappa shape index (κ2) is 21.8. The third-order valence-corrected chi connectivity index (χ3v) is 15.8. The lowest BCUT2D eigenvalue weighted by atomic mass is 9.67. The lowest BCUT2D eigenvalue weighted by molar-refractivity contribution is -0.135. The van der Waals surface area contributed by atoms with Gasteiger partial charge in [0.05, 0.1) is 12.0 Å². The van der Waals surface area contributed by atoms with Crippen LogP contribution in [-0.2, 0) is 41.7 Å². The number of nitrogens with zero attached hydrogens (tertiary/aromatic N) is 2. The molecule has 0 spiro atoms. The number of hydrogen-bond acceptors (Lipinski definition) is 7. The second-order valence-electron chi connectivity index (χ2n) is 20.4. The number of Topliss-reactive ketones (excluding diaryl/α,β-unsaturated/α-hetero) is 2. The van der Waals surface area contributed by atoms with E-state index >= 15 is 4.79 Å². The molecule has 5 atom stereocenters. The van der Waals surface area contributed by atoms with Gasteiger partial charge in [-0.2, -0.15) is 6.20 Å². The van der Waals surface area contributed by atoms with Crippen molar-refractivity contribution in [3.8, 4) is 17.2 Å². The molecule has 1 aliphatic heterocycles. The van der Waals surface area contributed by atoms with Gasteiger partial charge in [-0.05, 0) is 147 Å². The van der Waals surface area contributed by atoms with Crippen LogP contribution in [0.2, 0.25) is 0 Å². The van der Waals surface area contributed by atoms with Crippen molar-refractivity contribution in [3.05, 3.63) is 182 Å². The van der Waals surface area contributed by atoms with Gasteiger partial charge in [-0.1, -0.05) is 120 Å². The first-order valence-electron chi connectivity index (χ1n) is 25.8. The van der Waals surface area contributed by atoms with E-state index in [9.17, 15) is 25.2 Å². The van der Waals surface area contributed by atoms with Crippen molar-refractivity contribution < 1.29 is 34.8 Å². The van der Waals surface area contributed by atoms with E-state index in [0.717, 1.165) is 107 Å². The number of carbonyl (C=O) groups is 2. The number of allylic oxidation sites excluding steroid dienone is 1. The topological polar surface area (TPSA) is 168 Å². The number of aliphatic hydroxyl groups excluding tert-OH is 2. The van der Waals surface area contributed by atoms with E-state index in [1.54, 1.807) is 12.3 Å². The summed E-state index contributed by atoms with van der Waals surface area (Å²) in [5.41, 5.74) is 11.2. The Balaban J connectivity index is 1.05. The summed E-state index contributed by atoms with van der Waals surface area (Å²) >= 11 is 0.